The van der Waals surface area contributed by atoms with E-state index in [9.17, 15) is 18.4 Å². The lowest BCUT2D eigenvalue weighted by atomic mass is 9.90. The van der Waals surface area contributed by atoms with Crippen molar-refractivity contribution in [2.45, 2.75) is 25.3 Å². The van der Waals surface area contributed by atoms with Gasteiger partial charge >= 0.3 is 12.0 Å². The highest BCUT2D eigenvalue weighted by Crippen LogP contribution is 2.31. The molecule has 9 heteroatoms. The first-order chi connectivity index (χ1) is 19.9. The van der Waals surface area contributed by atoms with Crippen LogP contribution in [-0.2, 0) is 11.3 Å². The summed E-state index contributed by atoms with van der Waals surface area (Å²) < 4.78 is 33.8. The third-order valence-electron chi connectivity index (χ3n) is 7.37. The summed E-state index contributed by atoms with van der Waals surface area (Å²) in [6.07, 6.45) is 5.82. The third kappa shape index (κ3) is 6.51. The zero-order chi connectivity index (χ0) is 28.8. The number of carbonyl (C=O) groups excluding carboxylic acids is 2. The fourth-order valence-corrected chi connectivity index (χ4v) is 5.15. The minimum absolute atomic E-state index is 0.0601. The molecule has 2 heterocycles. The lowest BCUT2D eigenvalue weighted by Gasteiger charge is -2.34. The maximum absolute atomic E-state index is 14.9. The molecule has 0 bridgehead atoms. The largest absolute Gasteiger partial charge is 0.465 e. The lowest BCUT2D eigenvalue weighted by Crippen LogP contribution is -2.32. The van der Waals surface area contributed by atoms with E-state index in [4.69, 9.17) is 0 Å². The number of hydrogen-bond donors (Lipinski definition) is 2. The van der Waals surface area contributed by atoms with Crippen LogP contribution in [0.3, 0.4) is 0 Å². The van der Waals surface area contributed by atoms with Crippen LogP contribution in [0, 0.1) is 11.6 Å². The number of hydrogen-bond acceptors (Lipinski definition) is 5. The van der Waals surface area contributed by atoms with Crippen molar-refractivity contribution in [3.05, 3.63) is 114 Å². The summed E-state index contributed by atoms with van der Waals surface area (Å²) in [6, 6.07) is 19.7. The summed E-state index contributed by atoms with van der Waals surface area (Å²) in [5, 5.41) is 5.42. The topological polar surface area (TPSA) is 83.6 Å². The first-order valence-corrected chi connectivity index (χ1v) is 13.4. The number of methoxy groups -OCH3 is 1. The monoisotopic (exact) mass is 556 g/mol. The van der Waals surface area contributed by atoms with Crippen LogP contribution in [0.2, 0.25) is 0 Å². The van der Waals surface area contributed by atoms with Gasteiger partial charge in [0.05, 0.1) is 7.11 Å². The number of nitrogens with one attached hydrogen (secondary N) is 2. The Morgan fingerprint density at radius 3 is 2.37 bits per heavy atom. The SMILES string of the molecule is COC(=O)c1c(F)cccc1-c1ccc(CNC(=O)Nc2ccc(N3CCC(c4ccncc4)CC3)cc2)c(F)c1. The van der Waals surface area contributed by atoms with E-state index in [1.165, 1.54) is 29.8 Å². The predicted molar refractivity (Wildman–Crippen MR) is 154 cm³/mol. The van der Waals surface area contributed by atoms with Gasteiger partial charge in [-0.15, -0.1) is 0 Å². The molecule has 1 aliphatic rings. The summed E-state index contributed by atoms with van der Waals surface area (Å²) in [5.74, 6) is -1.66. The molecule has 5 rings (SSSR count). The molecule has 41 heavy (non-hydrogen) atoms. The van der Waals surface area contributed by atoms with Gasteiger partial charge in [0.1, 0.15) is 17.2 Å². The van der Waals surface area contributed by atoms with E-state index in [1.807, 2.05) is 36.7 Å². The summed E-state index contributed by atoms with van der Waals surface area (Å²) in [5.41, 5.74) is 3.56. The van der Waals surface area contributed by atoms with Crippen molar-refractivity contribution in [3.8, 4) is 11.1 Å². The molecule has 1 aromatic heterocycles. The molecule has 7 nitrogen and oxygen atoms in total. The van der Waals surface area contributed by atoms with Crippen LogP contribution >= 0.6 is 0 Å². The van der Waals surface area contributed by atoms with Crippen molar-refractivity contribution in [1.82, 2.24) is 10.3 Å². The molecule has 1 aliphatic heterocycles. The second-order valence-electron chi connectivity index (χ2n) is 9.86. The van der Waals surface area contributed by atoms with E-state index in [-0.39, 0.29) is 23.2 Å². The number of benzene rings is 3. The summed E-state index contributed by atoms with van der Waals surface area (Å²) in [6.45, 7) is 1.84. The Bertz CT molecular complexity index is 1520. The Morgan fingerprint density at radius 1 is 0.951 bits per heavy atom. The molecule has 2 amide bonds. The number of carbonyl (C=O) groups is 2. The number of pyridine rings is 1. The molecule has 4 aromatic rings. The zero-order valence-corrected chi connectivity index (χ0v) is 22.6. The van der Waals surface area contributed by atoms with Gasteiger partial charge in [-0.1, -0.05) is 24.3 Å². The Labute approximate surface area is 237 Å². The van der Waals surface area contributed by atoms with Crippen molar-refractivity contribution in [3.63, 3.8) is 0 Å². The number of piperidine rings is 1. The van der Waals surface area contributed by atoms with Crippen LogP contribution < -0.4 is 15.5 Å². The molecule has 0 spiro atoms. The van der Waals surface area contributed by atoms with E-state index in [0.29, 0.717) is 17.2 Å². The molecular formula is C32H30F2N4O3. The van der Waals surface area contributed by atoms with Crippen LogP contribution in [0.1, 0.15) is 40.2 Å². The number of amides is 2. The molecule has 0 atom stereocenters. The van der Waals surface area contributed by atoms with Crippen LogP contribution in [0.25, 0.3) is 11.1 Å². The van der Waals surface area contributed by atoms with Crippen molar-refractivity contribution < 1.29 is 23.1 Å². The molecule has 210 valence electrons. The Morgan fingerprint density at radius 2 is 1.68 bits per heavy atom. The van der Waals surface area contributed by atoms with Crippen molar-refractivity contribution in [2.24, 2.45) is 0 Å². The van der Waals surface area contributed by atoms with Crippen LogP contribution in [0.4, 0.5) is 25.0 Å². The standard InChI is InChI=1S/C32H30F2N4O3/c1-41-31(39)30-27(3-2-4-28(30)33)23-5-6-24(29(34)19-23)20-36-32(40)37-25-7-9-26(10-8-25)38-17-13-22(14-18-38)21-11-15-35-16-12-21/h2-12,15-16,19,22H,13-14,17-18,20H2,1H3,(H2,36,37,40). The van der Waals surface area contributed by atoms with Crippen molar-refractivity contribution in [1.29, 1.82) is 0 Å². The fourth-order valence-electron chi connectivity index (χ4n) is 5.15. The highest BCUT2D eigenvalue weighted by atomic mass is 19.1. The van der Waals surface area contributed by atoms with Gasteiger partial charge in [-0.05, 0) is 84.0 Å². The van der Waals surface area contributed by atoms with E-state index < -0.39 is 23.6 Å². The molecule has 0 aliphatic carbocycles. The summed E-state index contributed by atoms with van der Waals surface area (Å²) >= 11 is 0. The van der Waals surface area contributed by atoms with Gasteiger partial charge < -0.3 is 20.3 Å². The maximum atomic E-state index is 14.9. The average Bonchev–Trinajstić information content (AvgIpc) is 3.01. The average molecular weight is 557 g/mol. The normalized spacial score (nSPS) is 13.5. The van der Waals surface area contributed by atoms with E-state index in [0.717, 1.165) is 44.8 Å². The lowest BCUT2D eigenvalue weighted by molar-refractivity contribution is 0.0596. The number of halogens is 2. The van der Waals surface area contributed by atoms with Crippen LogP contribution in [0.5, 0.6) is 0 Å². The molecule has 3 aromatic carbocycles. The van der Waals surface area contributed by atoms with Gasteiger partial charge in [0, 0.05) is 49.0 Å². The second kappa shape index (κ2) is 12.6. The number of urea groups is 1. The Hall–Kier alpha value is -4.79. The number of aromatic nitrogens is 1. The molecule has 0 saturated carbocycles. The second-order valence-corrected chi connectivity index (χ2v) is 9.86. The summed E-state index contributed by atoms with van der Waals surface area (Å²) in [4.78, 5) is 31.0. The zero-order valence-electron chi connectivity index (χ0n) is 22.6. The highest BCUT2D eigenvalue weighted by Gasteiger charge is 2.21. The molecule has 1 fully saturated rings. The van der Waals surface area contributed by atoms with Gasteiger partial charge in [0.15, 0.2) is 0 Å². The van der Waals surface area contributed by atoms with Crippen LogP contribution in [-0.4, -0.2) is 37.2 Å². The van der Waals surface area contributed by atoms with Gasteiger partial charge in [0.25, 0.3) is 0 Å². The first-order valence-electron chi connectivity index (χ1n) is 13.4. The fraction of sp³-hybridized carbons (Fsp3) is 0.219. The highest BCUT2D eigenvalue weighted by molar-refractivity contribution is 5.97. The molecule has 2 N–H and O–H groups in total. The minimum atomic E-state index is -0.848. The number of nitrogens with zero attached hydrogens (tertiary/aromatic N) is 2. The van der Waals surface area contributed by atoms with Gasteiger partial charge in [-0.2, -0.15) is 0 Å². The number of anilines is 2. The van der Waals surface area contributed by atoms with Crippen LogP contribution in [0.15, 0.2) is 85.2 Å². The number of ether oxygens (including phenoxy) is 1. The van der Waals surface area contributed by atoms with Gasteiger partial charge in [-0.25, -0.2) is 18.4 Å². The van der Waals surface area contributed by atoms with Crippen molar-refractivity contribution >= 4 is 23.4 Å². The summed E-state index contributed by atoms with van der Waals surface area (Å²) in [7, 11) is 1.15. The Balaban J connectivity index is 1.15. The van der Waals surface area contributed by atoms with E-state index in [1.54, 1.807) is 6.07 Å². The molecule has 0 radical (unpaired) electrons. The van der Waals surface area contributed by atoms with E-state index >= 15 is 0 Å². The quantitative estimate of drug-likeness (QED) is 0.253. The van der Waals surface area contributed by atoms with E-state index in [2.05, 4.69) is 37.4 Å². The van der Waals surface area contributed by atoms with Gasteiger partial charge in [0.2, 0.25) is 0 Å². The van der Waals surface area contributed by atoms with Crippen molar-refractivity contribution in [2.75, 3.05) is 30.4 Å². The number of rotatable bonds is 7. The molecule has 0 unspecified atom stereocenters. The number of esters is 1. The maximum Gasteiger partial charge on any atom is 0.341 e. The minimum Gasteiger partial charge on any atom is -0.465 e. The smallest absolute Gasteiger partial charge is 0.341 e. The first kappa shape index (κ1) is 27.8. The Kier molecular flexibility index (Phi) is 8.53. The van der Waals surface area contributed by atoms with Gasteiger partial charge in [-0.3, -0.25) is 4.98 Å². The third-order valence-corrected chi connectivity index (χ3v) is 7.37. The molecule has 1 saturated heterocycles. The molecular weight excluding hydrogens is 526 g/mol. The predicted octanol–water partition coefficient (Wildman–Crippen LogP) is 6.52.